The van der Waals surface area contributed by atoms with Gasteiger partial charge in [0.25, 0.3) is 0 Å². The Balaban J connectivity index is 2.53. The molecule has 1 saturated carbocycles. The maximum Gasteiger partial charge on any atom is 0.405 e. The molecule has 0 aromatic rings. The number of carbonyl (C=O) groups excluding carboxylic acids is 1. The van der Waals surface area contributed by atoms with Crippen LogP contribution in [0.4, 0.5) is 18.0 Å². The Kier molecular flexibility index (Phi) is 3.30. The van der Waals surface area contributed by atoms with Crippen LogP contribution in [0.15, 0.2) is 0 Å². The molecule has 0 heterocycles. The van der Waals surface area contributed by atoms with Crippen molar-refractivity contribution in [1.82, 2.24) is 10.6 Å². The van der Waals surface area contributed by atoms with Crippen molar-refractivity contribution < 1.29 is 27.9 Å². The minimum absolute atomic E-state index is 0.225. The third-order valence-corrected chi connectivity index (χ3v) is 2.44. The summed E-state index contributed by atoms with van der Waals surface area (Å²) in [5.74, 6) is -0.918. The van der Waals surface area contributed by atoms with Gasteiger partial charge in [-0.15, -0.1) is 0 Å². The molecule has 92 valence electrons. The van der Waals surface area contributed by atoms with Crippen molar-refractivity contribution in [3.8, 4) is 0 Å². The third-order valence-electron chi connectivity index (χ3n) is 2.44. The zero-order valence-corrected chi connectivity index (χ0v) is 8.23. The number of alkyl halides is 3. The van der Waals surface area contributed by atoms with Gasteiger partial charge >= 0.3 is 12.3 Å². The summed E-state index contributed by atoms with van der Waals surface area (Å²) < 4.78 is 35.5. The molecular formula is C8H11F3N2O3. The average molecular weight is 240 g/mol. The fourth-order valence-corrected chi connectivity index (χ4v) is 1.49. The molecule has 5 nitrogen and oxygen atoms in total. The summed E-state index contributed by atoms with van der Waals surface area (Å²) in [5, 5.41) is 12.1. The predicted octanol–water partition coefficient (Wildman–Crippen LogP) is 0.855. The Labute approximate surface area is 89.0 Å². The Bertz CT molecular complexity index is 299. The molecule has 16 heavy (non-hydrogen) atoms. The van der Waals surface area contributed by atoms with Crippen molar-refractivity contribution in [1.29, 1.82) is 0 Å². The first kappa shape index (κ1) is 12.6. The Hall–Kier alpha value is -1.47. The van der Waals surface area contributed by atoms with Gasteiger partial charge in [0, 0.05) is 0 Å². The number of nitrogens with one attached hydrogen (secondary N) is 2. The second-order valence-corrected chi connectivity index (χ2v) is 3.66. The quantitative estimate of drug-likeness (QED) is 0.684. The van der Waals surface area contributed by atoms with Gasteiger partial charge in [-0.2, -0.15) is 13.2 Å². The first-order chi connectivity index (χ1) is 7.25. The zero-order chi connectivity index (χ0) is 12.4. The van der Waals surface area contributed by atoms with E-state index in [2.05, 4.69) is 0 Å². The summed E-state index contributed by atoms with van der Waals surface area (Å²) in [5.41, 5.74) is -1.38. The first-order valence-electron chi connectivity index (χ1n) is 4.61. The molecule has 2 amide bonds. The number of hydrogen-bond donors (Lipinski definition) is 3. The lowest BCUT2D eigenvalue weighted by Crippen LogP contribution is -2.63. The molecule has 0 aromatic carbocycles. The van der Waals surface area contributed by atoms with Crippen LogP contribution in [0, 0.1) is 0 Å². The van der Waals surface area contributed by atoms with E-state index in [0.29, 0.717) is 6.42 Å². The van der Waals surface area contributed by atoms with Crippen molar-refractivity contribution in [3.63, 3.8) is 0 Å². The normalized spacial score (nSPS) is 18.4. The van der Waals surface area contributed by atoms with Gasteiger partial charge in [0.2, 0.25) is 5.91 Å². The topological polar surface area (TPSA) is 78.4 Å². The van der Waals surface area contributed by atoms with E-state index in [1.807, 2.05) is 5.32 Å². The van der Waals surface area contributed by atoms with Gasteiger partial charge in [-0.3, -0.25) is 4.79 Å². The number of carbonyl (C=O) groups is 2. The maximum absolute atomic E-state index is 11.8. The number of carboxylic acid groups (broad SMARTS) is 1. The van der Waals surface area contributed by atoms with Crippen LogP contribution < -0.4 is 10.6 Å². The predicted molar refractivity (Wildman–Crippen MR) is 46.8 cm³/mol. The SMILES string of the molecule is O=C(O)NC1(C(=O)NCC(F)(F)F)CCC1. The summed E-state index contributed by atoms with van der Waals surface area (Å²) >= 11 is 0. The Morgan fingerprint density at radius 1 is 1.31 bits per heavy atom. The van der Waals surface area contributed by atoms with E-state index in [-0.39, 0.29) is 12.8 Å². The second-order valence-electron chi connectivity index (χ2n) is 3.66. The Morgan fingerprint density at radius 3 is 2.19 bits per heavy atom. The summed E-state index contributed by atoms with van der Waals surface area (Å²) in [6, 6.07) is 0. The zero-order valence-electron chi connectivity index (χ0n) is 8.23. The van der Waals surface area contributed by atoms with Gasteiger partial charge in [-0.25, -0.2) is 4.79 Å². The standard InChI is InChI=1S/C8H11F3N2O3/c9-8(10,11)4-12-5(14)7(2-1-3-7)13-6(15)16/h13H,1-4H2,(H,12,14)(H,15,16). The molecule has 0 radical (unpaired) electrons. The highest BCUT2D eigenvalue weighted by Crippen LogP contribution is 2.32. The average Bonchev–Trinajstić information content (AvgIpc) is 2.05. The number of hydrogen-bond acceptors (Lipinski definition) is 2. The first-order valence-corrected chi connectivity index (χ1v) is 4.61. The molecule has 3 N–H and O–H groups in total. The van der Waals surface area contributed by atoms with Crippen LogP contribution in [0.3, 0.4) is 0 Å². The molecule has 8 heteroatoms. The van der Waals surface area contributed by atoms with Crippen molar-refractivity contribution >= 4 is 12.0 Å². The molecule has 0 spiro atoms. The molecule has 1 fully saturated rings. The highest BCUT2D eigenvalue weighted by molar-refractivity contribution is 5.90. The van der Waals surface area contributed by atoms with E-state index in [0.717, 1.165) is 0 Å². The smallest absolute Gasteiger partial charge is 0.405 e. The van der Waals surface area contributed by atoms with E-state index in [1.165, 1.54) is 0 Å². The molecule has 1 aliphatic carbocycles. The van der Waals surface area contributed by atoms with Gasteiger partial charge in [0.05, 0.1) is 0 Å². The number of amides is 2. The molecule has 0 aliphatic heterocycles. The lowest BCUT2D eigenvalue weighted by Gasteiger charge is -2.39. The summed E-state index contributed by atoms with van der Waals surface area (Å²) in [7, 11) is 0. The molecule has 0 aromatic heterocycles. The lowest BCUT2D eigenvalue weighted by molar-refractivity contribution is -0.144. The van der Waals surface area contributed by atoms with Gasteiger partial charge in [0.1, 0.15) is 12.1 Å². The van der Waals surface area contributed by atoms with E-state index in [1.54, 1.807) is 5.32 Å². The molecule has 0 atom stereocenters. The molecule has 0 saturated heterocycles. The van der Waals surface area contributed by atoms with Crippen LogP contribution in [0.25, 0.3) is 0 Å². The van der Waals surface area contributed by atoms with E-state index < -0.39 is 30.3 Å². The van der Waals surface area contributed by atoms with Crippen LogP contribution in [-0.4, -0.2) is 35.4 Å². The van der Waals surface area contributed by atoms with Crippen LogP contribution >= 0.6 is 0 Å². The largest absolute Gasteiger partial charge is 0.465 e. The van der Waals surface area contributed by atoms with Crippen molar-refractivity contribution in [2.45, 2.75) is 31.0 Å². The van der Waals surface area contributed by atoms with Crippen LogP contribution in [0.5, 0.6) is 0 Å². The number of rotatable bonds is 3. The number of halogens is 3. The van der Waals surface area contributed by atoms with Crippen LogP contribution in [-0.2, 0) is 4.79 Å². The molecular weight excluding hydrogens is 229 g/mol. The fraction of sp³-hybridized carbons (Fsp3) is 0.750. The van der Waals surface area contributed by atoms with E-state index >= 15 is 0 Å². The molecule has 1 aliphatic rings. The summed E-state index contributed by atoms with van der Waals surface area (Å²) in [4.78, 5) is 21.8. The molecule has 0 bridgehead atoms. The van der Waals surface area contributed by atoms with Gasteiger partial charge in [0.15, 0.2) is 0 Å². The third kappa shape index (κ3) is 3.01. The van der Waals surface area contributed by atoms with Crippen molar-refractivity contribution in [2.24, 2.45) is 0 Å². The highest BCUT2D eigenvalue weighted by atomic mass is 19.4. The van der Waals surface area contributed by atoms with E-state index in [9.17, 15) is 22.8 Å². The van der Waals surface area contributed by atoms with Crippen molar-refractivity contribution in [3.05, 3.63) is 0 Å². The maximum atomic E-state index is 11.8. The molecule has 0 unspecified atom stereocenters. The summed E-state index contributed by atoms with van der Waals surface area (Å²) in [6.45, 7) is -1.45. The minimum atomic E-state index is -4.50. The van der Waals surface area contributed by atoms with Gasteiger partial charge < -0.3 is 15.7 Å². The minimum Gasteiger partial charge on any atom is -0.465 e. The lowest BCUT2D eigenvalue weighted by atomic mass is 9.76. The van der Waals surface area contributed by atoms with Gasteiger partial charge in [-0.05, 0) is 19.3 Å². The monoisotopic (exact) mass is 240 g/mol. The highest BCUT2D eigenvalue weighted by Gasteiger charge is 2.46. The van der Waals surface area contributed by atoms with Gasteiger partial charge in [-0.1, -0.05) is 0 Å². The van der Waals surface area contributed by atoms with Crippen LogP contribution in [0.2, 0.25) is 0 Å². The fourth-order valence-electron chi connectivity index (χ4n) is 1.49. The summed E-state index contributed by atoms with van der Waals surface area (Å²) in [6.07, 6.45) is -4.85. The molecule has 1 rings (SSSR count). The van der Waals surface area contributed by atoms with E-state index in [4.69, 9.17) is 5.11 Å². The second kappa shape index (κ2) is 4.18. The van der Waals surface area contributed by atoms with Crippen LogP contribution in [0.1, 0.15) is 19.3 Å². The van der Waals surface area contributed by atoms with Crippen molar-refractivity contribution in [2.75, 3.05) is 6.54 Å². The Morgan fingerprint density at radius 2 is 1.88 bits per heavy atom.